The summed E-state index contributed by atoms with van der Waals surface area (Å²) in [6.45, 7) is 0. The van der Waals surface area contributed by atoms with E-state index in [-0.39, 0.29) is 11.9 Å². The molecule has 1 heterocycles. The van der Waals surface area contributed by atoms with Crippen molar-refractivity contribution >= 4 is 23.3 Å². The maximum absolute atomic E-state index is 5.38. The van der Waals surface area contributed by atoms with Crippen LogP contribution in [0.3, 0.4) is 0 Å². The smallest absolute Gasteiger partial charge is 0.191 e. The Morgan fingerprint density at radius 1 is 0.654 bits per heavy atom. The molecule has 0 bridgehead atoms. The molecule has 1 aromatic heterocycles. The van der Waals surface area contributed by atoms with Crippen LogP contribution < -0.4 is 22.9 Å². The first-order valence-electron chi connectivity index (χ1n) is 7.74. The predicted octanol–water partition coefficient (Wildman–Crippen LogP) is 1.62. The first-order chi connectivity index (χ1) is 12.5. The molecule has 26 heavy (non-hydrogen) atoms. The van der Waals surface area contributed by atoms with Crippen LogP contribution in [0.15, 0.2) is 70.8 Å². The largest absolute Gasteiger partial charge is 0.370 e. The summed E-state index contributed by atoms with van der Waals surface area (Å²) in [6, 6.07) is 16.6. The zero-order chi connectivity index (χ0) is 18.5. The van der Waals surface area contributed by atoms with Gasteiger partial charge >= 0.3 is 0 Å². The van der Waals surface area contributed by atoms with Crippen LogP contribution in [-0.4, -0.2) is 21.9 Å². The first-order valence-corrected chi connectivity index (χ1v) is 7.74. The third-order valence-electron chi connectivity index (χ3n) is 3.46. The van der Waals surface area contributed by atoms with Crippen molar-refractivity contribution in [2.24, 2.45) is 32.9 Å². The van der Waals surface area contributed by atoms with Crippen LogP contribution in [0.2, 0.25) is 0 Å². The number of hydrogen-bond donors (Lipinski definition) is 4. The van der Waals surface area contributed by atoms with Crippen LogP contribution in [0.4, 0.5) is 11.4 Å². The highest BCUT2D eigenvalue weighted by Gasteiger charge is 2.05. The maximum Gasteiger partial charge on any atom is 0.191 e. The minimum atomic E-state index is 0.0140. The first kappa shape index (κ1) is 16.9. The topological polar surface area (TPSA) is 155 Å². The van der Waals surface area contributed by atoms with E-state index in [9.17, 15) is 0 Å². The number of aliphatic imine (C=N–C) groups is 2. The van der Waals surface area contributed by atoms with Gasteiger partial charge in [-0.05, 0) is 42.5 Å². The van der Waals surface area contributed by atoms with Crippen molar-refractivity contribution in [3.05, 3.63) is 60.8 Å². The number of hydrogen-bond acceptors (Lipinski definition) is 4. The molecule has 0 amide bonds. The molecule has 0 aliphatic heterocycles. The Morgan fingerprint density at radius 2 is 1.15 bits per heavy atom. The second kappa shape index (κ2) is 7.31. The van der Waals surface area contributed by atoms with Crippen molar-refractivity contribution in [1.82, 2.24) is 9.97 Å². The van der Waals surface area contributed by atoms with Crippen molar-refractivity contribution in [2.45, 2.75) is 0 Å². The molecule has 2 aromatic carbocycles. The maximum atomic E-state index is 5.38. The van der Waals surface area contributed by atoms with E-state index in [1.54, 1.807) is 18.3 Å². The van der Waals surface area contributed by atoms with Gasteiger partial charge in [0.1, 0.15) is 0 Å². The lowest BCUT2D eigenvalue weighted by atomic mass is 10.1. The Bertz CT molecular complexity index is 874. The van der Waals surface area contributed by atoms with Gasteiger partial charge in [0.25, 0.3) is 0 Å². The van der Waals surface area contributed by atoms with E-state index in [1.165, 1.54) is 0 Å². The van der Waals surface area contributed by atoms with Crippen molar-refractivity contribution in [3.63, 3.8) is 0 Å². The van der Waals surface area contributed by atoms with Crippen molar-refractivity contribution < 1.29 is 0 Å². The van der Waals surface area contributed by atoms with Gasteiger partial charge in [-0.25, -0.2) is 20.0 Å². The molecule has 8 N–H and O–H groups in total. The number of rotatable bonds is 4. The van der Waals surface area contributed by atoms with Gasteiger partial charge in [-0.15, -0.1) is 0 Å². The van der Waals surface area contributed by atoms with E-state index in [0.29, 0.717) is 17.2 Å². The summed E-state index contributed by atoms with van der Waals surface area (Å²) in [5, 5.41) is 0. The van der Waals surface area contributed by atoms with Gasteiger partial charge in [-0.3, -0.25) is 0 Å². The number of benzene rings is 2. The Morgan fingerprint density at radius 3 is 1.65 bits per heavy atom. The molecule has 0 spiro atoms. The highest BCUT2D eigenvalue weighted by molar-refractivity contribution is 5.80. The molecule has 3 rings (SSSR count). The average molecular weight is 346 g/mol. The Kier molecular flexibility index (Phi) is 4.75. The van der Waals surface area contributed by atoms with E-state index in [2.05, 4.69) is 20.0 Å². The second-order valence-electron chi connectivity index (χ2n) is 5.43. The van der Waals surface area contributed by atoms with Crippen molar-refractivity contribution in [2.75, 3.05) is 0 Å². The molecule has 0 atom stereocenters. The predicted molar refractivity (Wildman–Crippen MR) is 104 cm³/mol. The van der Waals surface area contributed by atoms with Crippen LogP contribution >= 0.6 is 0 Å². The zero-order valence-corrected chi connectivity index (χ0v) is 13.9. The fourth-order valence-electron chi connectivity index (χ4n) is 2.35. The lowest BCUT2D eigenvalue weighted by Gasteiger charge is -2.05. The summed E-state index contributed by atoms with van der Waals surface area (Å²) in [6.07, 6.45) is 1.71. The molecular weight excluding hydrogens is 328 g/mol. The summed E-state index contributed by atoms with van der Waals surface area (Å²) >= 11 is 0. The fourth-order valence-corrected chi connectivity index (χ4v) is 2.35. The van der Waals surface area contributed by atoms with Gasteiger partial charge in [0, 0.05) is 17.3 Å². The molecule has 8 nitrogen and oxygen atoms in total. The van der Waals surface area contributed by atoms with E-state index >= 15 is 0 Å². The molecular formula is C18H18N8. The summed E-state index contributed by atoms with van der Waals surface area (Å²) in [4.78, 5) is 16.9. The lowest BCUT2D eigenvalue weighted by Crippen LogP contribution is -2.21. The van der Waals surface area contributed by atoms with Gasteiger partial charge in [0.2, 0.25) is 0 Å². The number of aromatic nitrogens is 2. The summed E-state index contributed by atoms with van der Waals surface area (Å²) < 4.78 is 0. The fraction of sp³-hybridized carbons (Fsp3) is 0. The van der Waals surface area contributed by atoms with Gasteiger partial charge in [0.15, 0.2) is 17.7 Å². The van der Waals surface area contributed by atoms with E-state index in [0.717, 1.165) is 16.8 Å². The Labute approximate surface area is 150 Å². The van der Waals surface area contributed by atoms with Gasteiger partial charge in [-0.2, -0.15) is 0 Å². The number of guanidine groups is 2. The van der Waals surface area contributed by atoms with Gasteiger partial charge in [-0.1, -0.05) is 12.1 Å². The van der Waals surface area contributed by atoms with Crippen LogP contribution in [0.5, 0.6) is 0 Å². The third-order valence-corrected chi connectivity index (χ3v) is 3.46. The highest BCUT2D eigenvalue weighted by atomic mass is 15.0. The summed E-state index contributed by atoms with van der Waals surface area (Å²) in [5.41, 5.74) is 25.4. The number of nitrogens with two attached hydrogens (primary N) is 4. The van der Waals surface area contributed by atoms with Gasteiger partial charge < -0.3 is 22.9 Å². The minimum Gasteiger partial charge on any atom is -0.370 e. The molecule has 0 saturated carbocycles. The Balaban J connectivity index is 1.88. The molecule has 0 radical (unpaired) electrons. The van der Waals surface area contributed by atoms with Crippen LogP contribution in [0.25, 0.3) is 22.6 Å². The number of nitrogens with zero attached hydrogens (tertiary/aromatic N) is 4. The lowest BCUT2D eigenvalue weighted by molar-refractivity contribution is 1.18. The second-order valence-corrected chi connectivity index (χ2v) is 5.43. The van der Waals surface area contributed by atoms with Crippen LogP contribution in [-0.2, 0) is 0 Å². The van der Waals surface area contributed by atoms with Crippen molar-refractivity contribution in [3.8, 4) is 22.6 Å². The highest BCUT2D eigenvalue weighted by Crippen LogP contribution is 2.24. The van der Waals surface area contributed by atoms with E-state index in [1.807, 2.05) is 42.5 Å². The van der Waals surface area contributed by atoms with E-state index in [4.69, 9.17) is 22.9 Å². The minimum absolute atomic E-state index is 0.0140. The third kappa shape index (κ3) is 4.12. The van der Waals surface area contributed by atoms with Crippen LogP contribution in [0.1, 0.15) is 0 Å². The molecule has 0 fully saturated rings. The molecule has 130 valence electrons. The SMILES string of the molecule is NC(N)=Nc1ccc(-c2ccnc(-c3ccc(N=C(N)N)cc3)n2)cc1. The molecule has 0 saturated heterocycles. The normalized spacial score (nSPS) is 10.2. The summed E-state index contributed by atoms with van der Waals surface area (Å²) in [5.74, 6) is 0.637. The van der Waals surface area contributed by atoms with Gasteiger partial charge in [0.05, 0.1) is 17.1 Å². The molecule has 0 aliphatic rings. The van der Waals surface area contributed by atoms with Crippen LogP contribution in [0, 0.1) is 0 Å². The monoisotopic (exact) mass is 346 g/mol. The standard InChI is InChI=1S/C18H18N8/c19-17(20)24-13-5-1-11(2-6-13)15-9-10-23-16(26-15)12-3-7-14(8-4-12)25-18(21)22/h1-10H,(H4,19,20,24)(H4,21,22,25). The average Bonchev–Trinajstić information content (AvgIpc) is 2.62. The van der Waals surface area contributed by atoms with Crippen molar-refractivity contribution in [1.29, 1.82) is 0 Å². The Hall–Kier alpha value is -3.94. The molecule has 8 heteroatoms. The quantitative estimate of drug-likeness (QED) is 0.415. The zero-order valence-electron chi connectivity index (χ0n) is 13.9. The molecule has 0 unspecified atom stereocenters. The molecule has 0 aliphatic carbocycles. The van der Waals surface area contributed by atoms with E-state index < -0.39 is 0 Å². The summed E-state index contributed by atoms with van der Waals surface area (Å²) in [7, 11) is 0. The molecule has 3 aromatic rings.